The molecule has 3 nitrogen and oxygen atoms in total. The maximum absolute atomic E-state index is 13.4. The Morgan fingerprint density at radius 3 is 2.62 bits per heavy atom. The van der Waals surface area contributed by atoms with Gasteiger partial charge in [0, 0.05) is 31.7 Å². The fraction of sp³-hybridized carbons (Fsp3) is 0.625. The van der Waals surface area contributed by atoms with Crippen molar-refractivity contribution in [2.45, 2.75) is 38.3 Å². The Morgan fingerprint density at radius 2 is 2.05 bits per heavy atom. The van der Waals surface area contributed by atoms with Crippen LogP contribution in [0.5, 0.6) is 0 Å². The summed E-state index contributed by atoms with van der Waals surface area (Å²) in [7, 11) is 0. The van der Waals surface area contributed by atoms with E-state index in [-0.39, 0.29) is 12.1 Å². The molecule has 1 heterocycles. The number of aliphatic hydroxyl groups is 1. The lowest BCUT2D eigenvalue weighted by molar-refractivity contribution is 0.174. The first-order chi connectivity index (χ1) is 10.1. The molecule has 0 aromatic heterocycles. The standard InChI is InChI=1S/C16H24F2N2O/c1-2-5-19-16(4-7-20-6-3-15(21)11-20)12-8-13(17)10-14(18)9-12/h8-10,15-16,19,21H,2-7,11H2,1H3. The highest BCUT2D eigenvalue weighted by atomic mass is 19.1. The number of hydrogen-bond donors (Lipinski definition) is 2. The third-order valence-electron chi connectivity index (χ3n) is 3.91. The van der Waals surface area contributed by atoms with Crippen LogP contribution >= 0.6 is 0 Å². The van der Waals surface area contributed by atoms with Crippen molar-refractivity contribution in [1.29, 1.82) is 0 Å². The van der Waals surface area contributed by atoms with Crippen LogP contribution < -0.4 is 5.32 Å². The summed E-state index contributed by atoms with van der Waals surface area (Å²) in [5, 5.41) is 12.9. The minimum absolute atomic E-state index is 0.0621. The van der Waals surface area contributed by atoms with Gasteiger partial charge < -0.3 is 15.3 Å². The molecule has 1 aliphatic rings. The molecule has 1 saturated heterocycles. The molecule has 1 fully saturated rings. The number of benzene rings is 1. The Balaban J connectivity index is 1.99. The molecule has 2 N–H and O–H groups in total. The van der Waals surface area contributed by atoms with Crippen LogP contribution in [0.2, 0.25) is 0 Å². The quantitative estimate of drug-likeness (QED) is 0.812. The van der Waals surface area contributed by atoms with Crippen molar-refractivity contribution in [2.24, 2.45) is 0 Å². The van der Waals surface area contributed by atoms with Crippen LogP contribution in [-0.4, -0.2) is 42.3 Å². The molecule has 1 aliphatic heterocycles. The lowest BCUT2D eigenvalue weighted by atomic mass is 10.0. The van der Waals surface area contributed by atoms with E-state index in [1.807, 2.05) is 0 Å². The van der Waals surface area contributed by atoms with E-state index in [2.05, 4.69) is 17.1 Å². The van der Waals surface area contributed by atoms with Crippen LogP contribution in [-0.2, 0) is 0 Å². The van der Waals surface area contributed by atoms with Gasteiger partial charge in [0.15, 0.2) is 0 Å². The second-order valence-electron chi connectivity index (χ2n) is 5.74. The summed E-state index contributed by atoms with van der Waals surface area (Å²) in [4.78, 5) is 2.20. The lowest BCUT2D eigenvalue weighted by Gasteiger charge is -2.23. The van der Waals surface area contributed by atoms with E-state index in [9.17, 15) is 13.9 Å². The monoisotopic (exact) mass is 298 g/mol. The highest BCUT2D eigenvalue weighted by Gasteiger charge is 2.21. The van der Waals surface area contributed by atoms with Gasteiger partial charge in [0.2, 0.25) is 0 Å². The highest BCUT2D eigenvalue weighted by Crippen LogP contribution is 2.21. The molecule has 2 unspecified atom stereocenters. The molecule has 0 saturated carbocycles. The van der Waals surface area contributed by atoms with E-state index in [0.29, 0.717) is 12.1 Å². The normalized spacial score (nSPS) is 20.9. The second-order valence-corrected chi connectivity index (χ2v) is 5.74. The lowest BCUT2D eigenvalue weighted by Crippen LogP contribution is -2.29. The van der Waals surface area contributed by atoms with Gasteiger partial charge in [-0.15, -0.1) is 0 Å². The van der Waals surface area contributed by atoms with Gasteiger partial charge >= 0.3 is 0 Å². The molecule has 5 heteroatoms. The average Bonchev–Trinajstić information content (AvgIpc) is 2.83. The Hall–Kier alpha value is -1.04. The topological polar surface area (TPSA) is 35.5 Å². The summed E-state index contributed by atoms with van der Waals surface area (Å²) >= 11 is 0. The molecule has 21 heavy (non-hydrogen) atoms. The van der Waals surface area contributed by atoms with Gasteiger partial charge in [-0.25, -0.2) is 8.78 Å². The molecule has 118 valence electrons. The minimum atomic E-state index is -0.537. The Bertz CT molecular complexity index is 436. The smallest absolute Gasteiger partial charge is 0.126 e. The van der Waals surface area contributed by atoms with Crippen molar-refractivity contribution in [3.05, 3.63) is 35.4 Å². The number of nitrogens with zero attached hydrogens (tertiary/aromatic N) is 1. The number of β-amino-alcohol motifs (C(OH)–C–C–N with tert-alkyl or cyclic N) is 1. The van der Waals surface area contributed by atoms with Crippen molar-refractivity contribution in [3.8, 4) is 0 Å². The molecule has 0 spiro atoms. The Labute approximate surface area is 125 Å². The number of rotatable bonds is 7. The van der Waals surface area contributed by atoms with Gasteiger partial charge in [-0.1, -0.05) is 6.92 Å². The number of halogens is 2. The molecule has 1 aromatic carbocycles. The van der Waals surface area contributed by atoms with Gasteiger partial charge in [0.25, 0.3) is 0 Å². The summed E-state index contributed by atoms with van der Waals surface area (Å²) in [5.74, 6) is -1.07. The van der Waals surface area contributed by atoms with Crippen molar-refractivity contribution in [1.82, 2.24) is 10.2 Å². The summed E-state index contributed by atoms with van der Waals surface area (Å²) in [6.45, 7) is 5.27. The van der Waals surface area contributed by atoms with Crippen molar-refractivity contribution in [2.75, 3.05) is 26.2 Å². The molecule has 0 bridgehead atoms. The minimum Gasteiger partial charge on any atom is -0.392 e. The number of nitrogens with one attached hydrogen (secondary N) is 1. The van der Waals surface area contributed by atoms with Gasteiger partial charge in [0.1, 0.15) is 11.6 Å². The van der Waals surface area contributed by atoms with E-state index in [1.165, 1.54) is 12.1 Å². The maximum atomic E-state index is 13.4. The van der Waals surface area contributed by atoms with Gasteiger partial charge in [-0.2, -0.15) is 0 Å². The fourth-order valence-corrected chi connectivity index (χ4v) is 2.81. The van der Waals surface area contributed by atoms with Crippen LogP contribution in [0.1, 0.15) is 37.8 Å². The van der Waals surface area contributed by atoms with Gasteiger partial charge in [-0.3, -0.25) is 0 Å². The zero-order chi connectivity index (χ0) is 15.2. The fourth-order valence-electron chi connectivity index (χ4n) is 2.81. The summed E-state index contributed by atoms with van der Waals surface area (Å²) < 4.78 is 26.8. The SMILES string of the molecule is CCCNC(CCN1CCC(O)C1)c1cc(F)cc(F)c1. The Kier molecular flexibility index (Phi) is 6.08. The molecule has 2 rings (SSSR count). The van der Waals surface area contributed by atoms with Crippen LogP contribution in [0.15, 0.2) is 18.2 Å². The summed E-state index contributed by atoms with van der Waals surface area (Å²) in [6.07, 6.45) is 2.31. The number of hydrogen-bond acceptors (Lipinski definition) is 3. The predicted molar refractivity (Wildman–Crippen MR) is 79.1 cm³/mol. The van der Waals surface area contributed by atoms with E-state index >= 15 is 0 Å². The summed E-state index contributed by atoms with van der Waals surface area (Å²) in [5.41, 5.74) is 0.653. The van der Waals surface area contributed by atoms with Crippen LogP contribution in [0.4, 0.5) is 8.78 Å². The van der Waals surface area contributed by atoms with Crippen LogP contribution in [0.25, 0.3) is 0 Å². The molecule has 0 aliphatic carbocycles. The zero-order valence-electron chi connectivity index (χ0n) is 12.5. The first kappa shape index (κ1) is 16.3. The van der Waals surface area contributed by atoms with Gasteiger partial charge in [0.05, 0.1) is 6.10 Å². The number of likely N-dealkylation sites (tertiary alicyclic amines) is 1. The number of aliphatic hydroxyl groups excluding tert-OH is 1. The van der Waals surface area contributed by atoms with Crippen LogP contribution in [0, 0.1) is 11.6 Å². The highest BCUT2D eigenvalue weighted by molar-refractivity contribution is 5.21. The average molecular weight is 298 g/mol. The second kappa shape index (κ2) is 7.82. The molecule has 2 atom stereocenters. The Morgan fingerprint density at radius 1 is 1.33 bits per heavy atom. The predicted octanol–water partition coefficient (Wildman–Crippen LogP) is 2.46. The first-order valence-corrected chi connectivity index (χ1v) is 7.68. The first-order valence-electron chi connectivity index (χ1n) is 7.68. The summed E-state index contributed by atoms with van der Waals surface area (Å²) in [6, 6.07) is 3.63. The largest absolute Gasteiger partial charge is 0.392 e. The van der Waals surface area contributed by atoms with E-state index in [1.54, 1.807) is 0 Å². The van der Waals surface area contributed by atoms with Crippen molar-refractivity contribution < 1.29 is 13.9 Å². The van der Waals surface area contributed by atoms with Crippen molar-refractivity contribution >= 4 is 0 Å². The zero-order valence-corrected chi connectivity index (χ0v) is 12.5. The van der Waals surface area contributed by atoms with Crippen LogP contribution in [0.3, 0.4) is 0 Å². The van der Waals surface area contributed by atoms with E-state index in [4.69, 9.17) is 0 Å². The van der Waals surface area contributed by atoms with E-state index in [0.717, 1.165) is 45.0 Å². The van der Waals surface area contributed by atoms with Crippen molar-refractivity contribution in [3.63, 3.8) is 0 Å². The molecule has 1 aromatic rings. The maximum Gasteiger partial charge on any atom is 0.126 e. The molecular formula is C16H24F2N2O. The van der Waals surface area contributed by atoms with E-state index < -0.39 is 11.6 Å². The van der Waals surface area contributed by atoms with Gasteiger partial charge in [-0.05, 0) is 43.5 Å². The molecule has 0 amide bonds. The molecule has 0 radical (unpaired) electrons. The molecular weight excluding hydrogens is 274 g/mol. The third-order valence-corrected chi connectivity index (χ3v) is 3.91. The third kappa shape index (κ3) is 5.02.